The second kappa shape index (κ2) is 5.74. The van der Waals surface area contributed by atoms with Crippen LogP contribution in [-0.2, 0) is 20.1 Å². The second-order valence-corrected chi connectivity index (χ2v) is 4.67. The van der Waals surface area contributed by atoms with Gasteiger partial charge in [-0.3, -0.25) is 23.5 Å². The third-order valence-corrected chi connectivity index (χ3v) is 3.21. The zero-order valence-electron chi connectivity index (χ0n) is 11.8. The molecule has 0 radical (unpaired) electrons. The molecule has 7 heteroatoms. The summed E-state index contributed by atoms with van der Waals surface area (Å²) in [5.41, 5.74) is -1.35. The minimum atomic E-state index is -0.611. The van der Waals surface area contributed by atoms with Crippen LogP contribution >= 0.6 is 0 Å². The highest BCUT2D eigenvalue weighted by atomic mass is 16.2. The number of ketones is 1. The lowest BCUT2D eigenvalue weighted by Crippen LogP contribution is -2.41. The van der Waals surface area contributed by atoms with Crippen LogP contribution in [0.1, 0.15) is 17.3 Å². The van der Waals surface area contributed by atoms with Crippen LogP contribution in [-0.4, -0.2) is 19.5 Å². The van der Waals surface area contributed by atoms with Gasteiger partial charge in [0.1, 0.15) is 0 Å². The molecule has 0 aliphatic rings. The van der Waals surface area contributed by atoms with Crippen molar-refractivity contribution >= 4 is 5.78 Å². The van der Waals surface area contributed by atoms with Crippen LogP contribution in [0, 0.1) is 0 Å². The summed E-state index contributed by atoms with van der Waals surface area (Å²) in [5.74, 6) is -0.402. The van der Waals surface area contributed by atoms with E-state index in [2.05, 4.69) is 0 Å². The Morgan fingerprint density at radius 2 is 1.76 bits per heavy atom. The molecule has 0 spiro atoms. The molecule has 0 bridgehead atoms. The molecule has 110 valence electrons. The first-order valence-corrected chi connectivity index (χ1v) is 6.38. The Balaban J connectivity index is 2.39. The van der Waals surface area contributed by atoms with E-state index in [1.807, 2.05) is 0 Å². The first-order chi connectivity index (χ1) is 9.91. The molecule has 0 unspecified atom stereocenters. The van der Waals surface area contributed by atoms with Gasteiger partial charge in [-0.05, 0) is 13.0 Å². The minimum Gasteiger partial charge on any atom is -0.314 e. The summed E-state index contributed by atoms with van der Waals surface area (Å²) in [6, 6.07) is 4.77. The minimum absolute atomic E-state index is 0.0440. The average Bonchev–Trinajstić information content (AvgIpc) is 2.45. The van der Waals surface area contributed by atoms with Crippen molar-refractivity contribution in [1.82, 2.24) is 13.7 Å². The Morgan fingerprint density at radius 3 is 2.38 bits per heavy atom. The third-order valence-electron chi connectivity index (χ3n) is 3.21. The van der Waals surface area contributed by atoms with Gasteiger partial charge in [0.15, 0.2) is 5.78 Å². The second-order valence-electron chi connectivity index (χ2n) is 4.67. The monoisotopic (exact) mass is 289 g/mol. The summed E-state index contributed by atoms with van der Waals surface area (Å²) in [5, 5.41) is 0. The molecule has 2 aromatic rings. The molecule has 0 fully saturated rings. The van der Waals surface area contributed by atoms with Gasteiger partial charge in [-0.15, -0.1) is 0 Å². The van der Waals surface area contributed by atoms with Gasteiger partial charge in [0.05, 0.1) is 5.56 Å². The Bertz CT molecular complexity index is 857. The predicted molar refractivity (Wildman–Crippen MR) is 76.6 cm³/mol. The summed E-state index contributed by atoms with van der Waals surface area (Å²) in [6.45, 7) is 1.74. The molecule has 0 amide bonds. The number of carbonyl (C=O) groups excluding carboxylic acids is 1. The number of carbonyl (C=O) groups is 1. The lowest BCUT2D eigenvalue weighted by Gasteiger charge is -2.10. The molecular formula is C14H15N3O4. The largest absolute Gasteiger partial charge is 0.330 e. The van der Waals surface area contributed by atoms with Crippen molar-refractivity contribution in [2.45, 2.75) is 20.0 Å². The SMILES string of the molecule is CC(=O)c1cn(CCn2ccccc2=O)c(=O)n(C)c1=O. The van der Waals surface area contributed by atoms with Crippen LogP contribution in [0.4, 0.5) is 0 Å². The van der Waals surface area contributed by atoms with Gasteiger partial charge in [-0.1, -0.05) is 6.07 Å². The summed E-state index contributed by atoms with van der Waals surface area (Å²) in [4.78, 5) is 46.8. The first kappa shape index (κ1) is 14.7. The predicted octanol–water partition coefficient (Wildman–Crippen LogP) is -0.389. The number of nitrogens with zero attached hydrogens (tertiary/aromatic N) is 3. The molecule has 0 aromatic carbocycles. The number of aryl methyl sites for hydroxylation is 2. The highest BCUT2D eigenvalue weighted by Gasteiger charge is 2.12. The molecular weight excluding hydrogens is 274 g/mol. The maximum atomic E-state index is 12.0. The summed E-state index contributed by atoms with van der Waals surface area (Å²) < 4.78 is 3.60. The van der Waals surface area contributed by atoms with Gasteiger partial charge in [0, 0.05) is 38.6 Å². The Morgan fingerprint density at radius 1 is 1.10 bits per heavy atom. The summed E-state index contributed by atoms with van der Waals surface area (Å²) in [6.07, 6.45) is 2.86. The number of hydrogen-bond donors (Lipinski definition) is 0. The first-order valence-electron chi connectivity index (χ1n) is 6.38. The van der Waals surface area contributed by atoms with Crippen LogP contribution in [0.25, 0.3) is 0 Å². The van der Waals surface area contributed by atoms with E-state index in [1.165, 1.54) is 35.4 Å². The molecule has 0 aliphatic carbocycles. The molecule has 0 aliphatic heterocycles. The average molecular weight is 289 g/mol. The van der Waals surface area contributed by atoms with Crippen LogP contribution in [0.5, 0.6) is 0 Å². The van der Waals surface area contributed by atoms with Crippen LogP contribution in [0.2, 0.25) is 0 Å². The summed E-state index contributed by atoms with van der Waals surface area (Å²) in [7, 11) is 1.32. The quantitative estimate of drug-likeness (QED) is 0.718. The van der Waals surface area contributed by atoms with E-state index < -0.39 is 17.0 Å². The van der Waals surface area contributed by atoms with Gasteiger partial charge in [-0.25, -0.2) is 4.79 Å². The topological polar surface area (TPSA) is 83.1 Å². The van der Waals surface area contributed by atoms with Gasteiger partial charge in [-0.2, -0.15) is 0 Å². The van der Waals surface area contributed by atoms with Gasteiger partial charge >= 0.3 is 5.69 Å². The molecule has 0 saturated carbocycles. The van der Waals surface area contributed by atoms with Gasteiger partial charge < -0.3 is 4.57 Å². The van der Waals surface area contributed by atoms with E-state index in [1.54, 1.807) is 18.3 Å². The van der Waals surface area contributed by atoms with E-state index in [9.17, 15) is 19.2 Å². The van der Waals surface area contributed by atoms with Crippen molar-refractivity contribution < 1.29 is 4.79 Å². The van der Waals surface area contributed by atoms with Gasteiger partial charge in [0.25, 0.3) is 11.1 Å². The summed E-state index contributed by atoms with van der Waals surface area (Å²) >= 11 is 0. The number of hydrogen-bond acceptors (Lipinski definition) is 4. The molecule has 0 atom stereocenters. The molecule has 0 N–H and O–H groups in total. The molecule has 2 rings (SSSR count). The molecule has 2 heterocycles. The Labute approximate surface area is 119 Å². The highest BCUT2D eigenvalue weighted by molar-refractivity contribution is 5.93. The van der Waals surface area contributed by atoms with Crippen molar-refractivity contribution in [3.8, 4) is 0 Å². The fraction of sp³-hybridized carbons (Fsp3) is 0.286. The number of Topliss-reactive ketones (excluding diaryl/α,β-unsaturated/α-hetero) is 1. The fourth-order valence-electron chi connectivity index (χ4n) is 1.99. The molecule has 21 heavy (non-hydrogen) atoms. The standard InChI is InChI=1S/C14H15N3O4/c1-10(18)11-9-17(14(21)15(2)13(11)20)8-7-16-6-4-3-5-12(16)19/h3-6,9H,7-8H2,1-2H3. The number of rotatable bonds is 4. The van der Waals surface area contributed by atoms with Crippen molar-refractivity contribution in [2.75, 3.05) is 0 Å². The van der Waals surface area contributed by atoms with E-state index in [0.29, 0.717) is 0 Å². The van der Waals surface area contributed by atoms with E-state index in [0.717, 1.165) is 4.57 Å². The lowest BCUT2D eigenvalue weighted by molar-refractivity contribution is 0.101. The zero-order valence-corrected chi connectivity index (χ0v) is 11.8. The lowest BCUT2D eigenvalue weighted by atomic mass is 10.2. The third kappa shape index (κ3) is 2.91. The van der Waals surface area contributed by atoms with Crippen molar-refractivity contribution in [3.63, 3.8) is 0 Å². The number of aromatic nitrogens is 3. The highest BCUT2D eigenvalue weighted by Crippen LogP contribution is 1.92. The van der Waals surface area contributed by atoms with E-state index in [4.69, 9.17) is 0 Å². The van der Waals surface area contributed by atoms with Crippen molar-refractivity contribution in [2.24, 2.45) is 7.05 Å². The fourth-order valence-corrected chi connectivity index (χ4v) is 1.99. The molecule has 0 saturated heterocycles. The zero-order chi connectivity index (χ0) is 15.6. The van der Waals surface area contributed by atoms with Gasteiger partial charge in [0.2, 0.25) is 0 Å². The number of pyridine rings is 1. The van der Waals surface area contributed by atoms with Crippen LogP contribution in [0.15, 0.2) is 45.0 Å². The van der Waals surface area contributed by atoms with Crippen LogP contribution < -0.4 is 16.8 Å². The maximum absolute atomic E-state index is 12.0. The smallest absolute Gasteiger partial charge is 0.314 e. The normalized spacial score (nSPS) is 10.6. The Hall–Kier alpha value is -2.70. The maximum Gasteiger partial charge on any atom is 0.330 e. The van der Waals surface area contributed by atoms with Crippen molar-refractivity contribution in [3.05, 3.63) is 67.3 Å². The van der Waals surface area contributed by atoms with Crippen LogP contribution in [0.3, 0.4) is 0 Å². The van der Waals surface area contributed by atoms with E-state index in [-0.39, 0.29) is 24.2 Å². The van der Waals surface area contributed by atoms with Crippen molar-refractivity contribution in [1.29, 1.82) is 0 Å². The Kier molecular flexibility index (Phi) is 4.02. The molecule has 7 nitrogen and oxygen atoms in total. The van der Waals surface area contributed by atoms with E-state index >= 15 is 0 Å². The molecule has 2 aromatic heterocycles.